The first-order valence-corrected chi connectivity index (χ1v) is 10.9. The minimum atomic E-state index is -0.0184. The van der Waals surface area contributed by atoms with Crippen LogP contribution >= 0.6 is 0 Å². The lowest BCUT2D eigenvalue weighted by atomic mass is 9.49. The molecule has 0 unspecified atom stereocenters. The van der Waals surface area contributed by atoms with Gasteiger partial charge >= 0.3 is 0 Å². The first-order chi connectivity index (χ1) is 14.1. The predicted molar refractivity (Wildman–Crippen MR) is 113 cm³/mol. The van der Waals surface area contributed by atoms with Gasteiger partial charge in [-0.2, -0.15) is 0 Å². The van der Waals surface area contributed by atoms with Crippen LogP contribution < -0.4 is 10.3 Å². The standard InChI is InChI=1S/C25H26N2O2/c1-15-7-20-21(11-22(15)29-19-5-3-2-4-6-19)26-24(27-23(20)28)25-12-16-8-17(13-25)10-18(9-16)14-25/h2-7,11,16-18H,8-10,12-14H2,1H3,(H,26,27,28). The fraction of sp³-hybridized carbons (Fsp3) is 0.440. The number of aromatic amines is 1. The Balaban J connectivity index is 1.45. The summed E-state index contributed by atoms with van der Waals surface area (Å²) in [4.78, 5) is 21.2. The molecule has 7 rings (SSSR count). The second kappa shape index (κ2) is 6.19. The highest BCUT2D eigenvalue weighted by molar-refractivity contribution is 5.80. The van der Waals surface area contributed by atoms with Crippen LogP contribution in [0.25, 0.3) is 10.9 Å². The molecule has 0 amide bonds. The van der Waals surface area contributed by atoms with Crippen LogP contribution in [0, 0.1) is 24.7 Å². The summed E-state index contributed by atoms with van der Waals surface area (Å²) in [5.74, 6) is 4.93. The summed E-state index contributed by atoms with van der Waals surface area (Å²) in [5.41, 5.74) is 1.75. The Morgan fingerprint density at radius 1 is 1.00 bits per heavy atom. The molecule has 4 nitrogen and oxygen atoms in total. The van der Waals surface area contributed by atoms with E-state index in [0.717, 1.165) is 46.2 Å². The number of benzene rings is 2. The maximum Gasteiger partial charge on any atom is 0.258 e. The average molecular weight is 386 g/mol. The van der Waals surface area contributed by atoms with Gasteiger partial charge in [0.25, 0.3) is 5.56 Å². The molecule has 1 heterocycles. The second-order valence-electron chi connectivity index (χ2n) is 9.66. The van der Waals surface area contributed by atoms with Gasteiger partial charge in [-0.1, -0.05) is 18.2 Å². The van der Waals surface area contributed by atoms with E-state index < -0.39 is 0 Å². The van der Waals surface area contributed by atoms with Crippen LogP contribution in [-0.4, -0.2) is 9.97 Å². The maximum absolute atomic E-state index is 13.0. The van der Waals surface area contributed by atoms with Crippen LogP contribution in [0.2, 0.25) is 0 Å². The molecular weight excluding hydrogens is 360 g/mol. The number of nitrogens with one attached hydrogen (secondary N) is 1. The van der Waals surface area contributed by atoms with Crippen molar-refractivity contribution in [3.63, 3.8) is 0 Å². The van der Waals surface area contributed by atoms with Crippen molar-refractivity contribution in [1.82, 2.24) is 9.97 Å². The van der Waals surface area contributed by atoms with Gasteiger partial charge in [0.15, 0.2) is 0 Å². The molecule has 2 aromatic carbocycles. The van der Waals surface area contributed by atoms with E-state index in [2.05, 4.69) is 4.98 Å². The minimum Gasteiger partial charge on any atom is -0.457 e. The van der Waals surface area contributed by atoms with Gasteiger partial charge in [-0.15, -0.1) is 0 Å². The smallest absolute Gasteiger partial charge is 0.258 e. The van der Waals surface area contributed by atoms with E-state index in [4.69, 9.17) is 9.72 Å². The van der Waals surface area contributed by atoms with Crippen molar-refractivity contribution < 1.29 is 4.74 Å². The molecule has 4 aliphatic rings. The Morgan fingerprint density at radius 3 is 2.31 bits per heavy atom. The van der Waals surface area contributed by atoms with Gasteiger partial charge in [-0.3, -0.25) is 4.79 Å². The molecule has 4 saturated carbocycles. The van der Waals surface area contributed by atoms with E-state index in [9.17, 15) is 4.79 Å². The number of hydrogen-bond donors (Lipinski definition) is 1. The SMILES string of the molecule is Cc1cc2c(=O)[nH]c(C34CC5CC(CC(C5)C3)C4)nc2cc1Oc1ccccc1. The lowest BCUT2D eigenvalue weighted by Gasteiger charge is -2.56. The molecule has 1 aromatic heterocycles. The summed E-state index contributed by atoms with van der Waals surface area (Å²) in [6.45, 7) is 1.98. The molecular formula is C25H26N2O2. The molecule has 0 atom stereocenters. The van der Waals surface area contributed by atoms with Crippen molar-refractivity contribution in [1.29, 1.82) is 0 Å². The lowest BCUT2D eigenvalue weighted by molar-refractivity contribution is -0.00933. The first kappa shape index (κ1) is 17.3. The lowest BCUT2D eigenvalue weighted by Crippen LogP contribution is -2.49. The fourth-order valence-corrected chi connectivity index (χ4v) is 6.65. The molecule has 0 saturated heterocycles. The summed E-state index contributed by atoms with van der Waals surface area (Å²) >= 11 is 0. The minimum absolute atomic E-state index is 0.0184. The van der Waals surface area contributed by atoms with E-state index in [-0.39, 0.29) is 11.0 Å². The number of nitrogens with zero attached hydrogens (tertiary/aromatic N) is 1. The monoisotopic (exact) mass is 386 g/mol. The zero-order chi connectivity index (χ0) is 19.6. The van der Waals surface area contributed by atoms with E-state index >= 15 is 0 Å². The van der Waals surface area contributed by atoms with Crippen LogP contribution in [0.1, 0.15) is 49.9 Å². The van der Waals surface area contributed by atoms with Gasteiger partial charge in [-0.05, 0) is 87.0 Å². The Labute approximate surface area is 170 Å². The highest BCUT2D eigenvalue weighted by Crippen LogP contribution is 2.60. The van der Waals surface area contributed by atoms with Gasteiger partial charge in [0.2, 0.25) is 0 Å². The Morgan fingerprint density at radius 2 is 1.66 bits per heavy atom. The van der Waals surface area contributed by atoms with Crippen LogP contribution in [0.15, 0.2) is 47.3 Å². The highest BCUT2D eigenvalue weighted by Gasteiger charge is 2.53. The quantitative estimate of drug-likeness (QED) is 0.647. The third-order valence-corrected chi connectivity index (χ3v) is 7.51. The van der Waals surface area contributed by atoms with Crippen LogP contribution in [0.5, 0.6) is 11.5 Å². The Kier molecular flexibility index (Phi) is 3.68. The first-order valence-electron chi connectivity index (χ1n) is 10.9. The molecule has 4 fully saturated rings. The van der Waals surface area contributed by atoms with Crippen LogP contribution in [0.3, 0.4) is 0 Å². The number of aryl methyl sites for hydroxylation is 1. The number of aromatic nitrogens is 2. The summed E-state index contributed by atoms with van der Waals surface area (Å²) in [7, 11) is 0. The van der Waals surface area contributed by atoms with Crippen molar-refractivity contribution >= 4 is 10.9 Å². The summed E-state index contributed by atoms with van der Waals surface area (Å²) in [6.07, 6.45) is 7.70. The van der Waals surface area contributed by atoms with Crippen molar-refractivity contribution in [3.8, 4) is 11.5 Å². The number of para-hydroxylation sites is 1. The third-order valence-electron chi connectivity index (χ3n) is 7.51. The van der Waals surface area contributed by atoms with Gasteiger partial charge in [0, 0.05) is 11.5 Å². The number of rotatable bonds is 3. The van der Waals surface area contributed by atoms with E-state index in [1.54, 1.807) is 0 Å². The molecule has 148 valence electrons. The van der Waals surface area contributed by atoms with Gasteiger partial charge in [-0.25, -0.2) is 4.98 Å². The summed E-state index contributed by atoms with van der Waals surface area (Å²) in [6, 6.07) is 13.6. The zero-order valence-corrected chi connectivity index (χ0v) is 16.8. The van der Waals surface area contributed by atoms with Crippen molar-refractivity contribution in [3.05, 3.63) is 64.2 Å². The molecule has 3 aromatic rings. The number of hydrogen-bond acceptors (Lipinski definition) is 3. The largest absolute Gasteiger partial charge is 0.457 e. The van der Waals surface area contributed by atoms with Crippen LogP contribution in [0.4, 0.5) is 0 Å². The van der Waals surface area contributed by atoms with Crippen LogP contribution in [-0.2, 0) is 5.41 Å². The van der Waals surface area contributed by atoms with Crippen molar-refractivity contribution in [2.75, 3.05) is 0 Å². The molecule has 4 bridgehead atoms. The van der Waals surface area contributed by atoms with Crippen molar-refractivity contribution in [2.24, 2.45) is 17.8 Å². The van der Waals surface area contributed by atoms with Gasteiger partial charge in [0.05, 0.1) is 10.9 Å². The zero-order valence-electron chi connectivity index (χ0n) is 16.8. The van der Waals surface area contributed by atoms with Crippen molar-refractivity contribution in [2.45, 2.75) is 50.9 Å². The molecule has 0 radical (unpaired) electrons. The maximum atomic E-state index is 13.0. The van der Waals surface area contributed by atoms with E-state index in [1.807, 2.05) is 49.4 Å². The molecule has 4 aliphatic carbocycles. The molecule has 1 N–H and O–H groups in total. The summed E-state index contributed by atoms with van der Waals surface area (Å²) in [5, 5.41) is 0.649. The average Bonchev–Trinajstić information content (AvgIpc) is 2.69. The third kappa shape index (κ3) is 2.80. The van der Waals surface area contributed by atoms with E-state index in [0.29, 0.717) is 5.39 Å². The number of ether oxygens (including phenoxy) is 1. The summed E-state index contributed by atoms with van der Waals surface area (Å²) < 4.78 is 6.09. The normalized spacial score (nSPS) is 30.0. The van der Waals surface area contributed by atoms with E-state index in [1.165, 1.54) is 38.5 Å². The topological polar surface area (TPSA) is 55.0 Å². The fourth-order valence-electron chi connectivity index (χ4n) is 6.65. The Hall–Kier alpha value is -2.62. The molecule has 29 heavy (non-hydrogen) atoms. The van der Waals surface area contributed by atoms with Gasteiger partial charge in [0.1, 0.15) is 17.3 Å². The Bertz CT molecular complexity index is 1110. The number of H-pyrrole nitrogens is 1. The second-order valence-corrected chi connectivity index (χ2v) is 9.66. The van der Waals surface area contributed by atoms with Gasteiger partial charge < -0.3 is 9.72 Å². The molecule has 4 heteroatoms. The molecule has 0 spiro atoms. The highest BCUT2D eigenvalue weighted by atomic mass is 16.5. The number of fused-ring (bicyclic) bond motifs is 1. The molecule has 0 aliphatic heterocycles. The predicted octanol–water partition coefficient (Wildman–Crippen LogP) is 5.49.